The Morgan fingerprint density at radius 2 is 2.00 bits per heavy atom. The molecule has 4 nitrogen and oxygen atoms in total. The highest BCUT2D eigenvalue weighted by molar-refractivity contribution is 7.80. The smallest absolute Gasteiger partial charge is 0.173 e. The van der Waals surface area contributed by atoms with Crippen molar-refractivity contribution < 1.29 is 4.39 Å². The highest BCUT2D eigenvalue weighted by atomic mass is 32.1. The molecule has 2 fully saturated rings. The largest absolute Gasteiger partial charge is 0.346 e. The van der Waals surface area contributed by atoms with Crippen molar-refractivity contribution >= 4 is 23.0 Å². The predicted molar refractivity (Wildman–Crippen MR) is 106 cm³/mol. The van der Waals surface area contributed by atoms with Crippen molar-refractivity contribution in [1.82, 2.24) is 14.7 Å². The van der Waals surface area contributed by atoms with Gasteiger partial charge < -0.3 is 20.0 Å². The Morgan fingerprint density at radius 3 is 2.76 bits per heavy atom. The molecule has 2 aliphatic heterocycles. The second-order valence-electron chi connectivity index (χ2n) is 7.22. The molecule has 1 atom stereocenters. The molecule has 25 heavy (non-hydrogen) atoms. The van der Waals surface area contributed by atoms with E-state index in [0.29, 0.717) is 6.04 Å². The topological polar surface area (TPSA) is 21.8 Å². The summed E-state index contributed by atoms with van der Waals surface area (Å²) in [6.07, 6.45) is 4.79. The molecule has 0 aromatic heterocycles. The van der Waals surface area contributed by atoms with Crippen LogP contribution < -0.4 is 5.32 Å². The van der Waals surface area contributed by atoms with Crippen LogP contribution in [-0.2, 0) is 0 Å². The number of halogens is 1. The van der Waals surface area contributed by atoms with Crippen LogP contribution in [-0.4, -0.2) is 72.2 Å². The maximum absolute atomic E-state index is 13.4. The van der Waals surface area contributed by atoms with Crippen LogP contribution in [0, 0.1) is 5.82 Å². The zero-order valence-electron chi connectivity index (χ0n) is 15.1. The first-order chi connectivity index (χ1) is 12.1. The van der Waals surface area contributed by atoms with Gasteiger partial charge in [0.25, 0.3) is 0 Å². The Morgan fingerprint density at radius 1 is 1.20 bits per heavy atom. The van der Waals surface area contributed by atoms with Gasteiger partial charge in [0.15, 0.2) is 5.11 Å². The molecule has 6 heteroatoms. The Hall–Kier alpha value is -1.24. The number of anilines is 1. The van der Waals surface area contributed by atoms with E-state index >= 15 is 0 Å². The Kier molecular flexibility index (Phi) is 6.62. The van der Waals surface area contributed by atoms with Gasteiger partial charge in [0.05, 0.1) is 0 Å². The summed E-state index contributed by atoms with van der Waals surface area (Å²) in [7, 11) is 2.19. The Labute approximate surface area is 156 Å². The number of thiocarbonyl (C=S) groups is 1. The van der Waals surface area contributed by atoms with Crippen LogP contribution in [0.1, 0.15) is 25.7 Å². The monoisotopic (exact) mass is 364 g/mol. The third-order valence-electron chi connectivity index (χ3n) is 5.34. The number of likely N-dealkylation sites (tertiary alicyclic amines) is 1. The summed E-state index contributed by atoms with van der Waals surface area (Å²) < 4.78 is 13.4. The molecular weight excluding hydrogens is 335 g/mol. The molecule has 0 saturated carbocycles. The average Bonchev–Trinajstić information content (AvgIpc) is 2.61. The van der Waals surface area contributed by atoms with Gasteiger partial charge in [-0.2, -0.15) is 0 Å². The summed E-state index contributed by atoms with van der Waals surface area (Å²) in [5.74, 6) is -0.238. The second-order valence-corrected chi connectivity index (χ2v) is 7.60. The number of nitrogens with zero attached hydrogens (tertiary/aromatic N) is 3. The number of benzene rings is 1. The summed E-state index contributed by atoms with van der Waals surface area (Å²) in [5, 5.41) is 3.95. The zero-order chi connectivity index (χ0) is 17.6. The van der Waals surface area contributed by atoms with Crippen LogP contribution >= 0.6 is 12.2 Å². The number of piperazine rings is 1. The maximum atomic E-state index is 13.4. The van der Waals surface area contributed by atoms with Gasteiger partial charge in [0, 0.05) is 51.0 Å². The van der Waals surface area contributed by atoms with E-state index in [9.17, 15) is 4.39 Å². The standard InChI is InChI=1S/C19H29FN4S/c1-22-11-13-23(14-12-22)10-8-18-7-2-3-9-24(18)19(25)21-17-6-4-5-16(20)15-17/h4-6,15,18H,2-3,7-14H2,1H3,(H,21,25). The van der Waals surface area contributed by atoms with E-state index in [-0.39, 0.29) is 5.82 Å². The van der Waals surface area contributed by atoms with Crippen molar-refractivity contribution in [2.45, 2.75) is 31.7 Å². The molecule has 138 valence electrons. The quantitative estimate of drug-likeness (QED) is 0.827. The number of hydrogen-bond donors (Lipinski definition) is 1. The van der Waals surface area contributed by atoms with E-state index in [2.05, 4.69) is 27.1 Å². The fourth-order valence-electron chi connectivity index (χ4n) is 3.73. The van der Waals surface area contributed by atoms with E-state index in [1.807, 2.05) is 6.07 Å². The number of piperidine rings is 1. The fourth-order valence-corrected chi connectivity index (χ4v) is 4.09. The molecule has 1 aromatic rings. The highest BCUT2D eigenvalue weighted by Gasteiger charge is 2.25. The Bertz CT molecular complexity index is 574. The first-order valence-electron chi connectivity index (χ1n) is 9.36. The van der Waals surface area contributed by atoms with E-state index in [1.165, 1.54) is 31.4 Å². The number of hydrogen-bond acceptors (Lipinski definition) is 3. The molecule has 0 radical (unpaired) electrons. The van der Waals surface area contributed by atoms with Gasteiger partial charge in [-0.05, 0) is 63.1 Å². The minimum absolute atomic E-state index is 0.238. The molecule has 1 unspecified atom stereocenters. The van der Waals surface area contributed by atoms with Crippen molar-refractivity contribution in [3.8, 4) is 0 Å². The molecule has 2 heterocycles. The summed E-state index contributed by atoms with van der Waals surface area (Å²) in [6, 6.07) is 7.01. The van der Waals surface area contributed by atoms with Crippen molar-refractivity contribution in [2.75, 3.05) is 51.6 Å². The third kappa shape index (κ3) is 5.36. The Balaban J connectivity index is 1.53. The van der Waals surface area contributed by atoms with E-state index in [4.69, 9.17) is 12.2 Å². The molecule has 3 rings (SSSR count). The van der Waals surface area contributed by atoms with Crippen molar-refractivity contribution in [2.24, 2.45) is 0 Å². The first-order valence-corrected chi connectivity index (χ1v) is 9.77. The van der Waals surface area contributed by atoms with Crippen molar-refractivity contribution in [3.05, 3.63) is 30.1 Å². The van der Waals surface area contributed by atoms with Crippen LogP contribution in [0.2, 0.25) is 0 Å². The lowest BCUT2D eigenvalue weighted by molar-refractivity contribution is 0.135. The second kappa shape index (κ2) is 8.92. The first kappa shape index (κ1) is 18.5. The molecule has 2 aliphatic rings. The third-order valence-corrected chi connectivity index (χ3v) is 5.67. The highest BCUT2D eigenvalue weighted by Crippen LogP contribution is 2.22. The van der Waals surface area contributed by atoms with E-state index in [0.717, 1.165) is 56.5 Å². The zero-order valence-corrected chi connectivity index (χ0v) is 15.9. The maximum Gasteiger partial charge on any atom is 0.173 e. The molecule has 0 spiro atoms. The van der Waals surface area contributed by atoms with Gasteiger partial charge >= 0.3 is 0 Å². The fraction of sp³-hybridized carbons (Fsp3) is 0.632. The molecule has 1 aromatic carbocycles. The lowest BCUT2D eigenvalue weighted by Gasteiger charge is -2.39. The van der Waals surface area contributed by atoms with Gasteiger partial charge in [0.2, 0.25) is 0 Å². The summed E-state index contributed by atoms with van der Waals surface area (Å²) >= 11 is 5.63. The molecular formula is C19H29FN4S. The van der Waals surface area contributed by atoms with E-state index in [1.54, 1.807) is 6.07 Å². The summed E-state index contributed by atoms with van der Waals surface area (Å²) in [6.45, 7) is 6.78. The molecule has 2 saturated heterocycles. The SMILES string of the molecule is CN1CCN(CCC2CCCCN2C(=S)Nc2cccc(F)c2)CC1. The number of rotatable bonds is 4. The molecule has 0 amide bonds. The molecule has 0 aliphatic carbocycles. The van der Waals surface area contributed by atoms with Crippen LogP contribution in [0.4, 0.5) is 10.1 Å². The number of likely N-dealkylation sites (N-methyl/N-ethyl adjacent to an activating group) is 1. The van der Waals surface area contributed by atoms with Gasteiger partial charge in [0.1, 0.15) is 5.82 Å². The minimum Gasteiger partial charge on any atom is -0.346 e. The van der Waals surface area contributed by atoms with Crippen LogP contribution in [0.3, 0.4) is 0 Å². The van der Waals surface area contributed by atoms with E-state index < -0.39 is 0 Å². The predicted octanol–water partition coefficient (Wildman–Crippen LogP) is 3.01. The number of nitrogens with one attached hydrogen (secondary N) is 1. The summed E-state index contributed by atoms with van der Waals surface area (Å²) in [4.78, 5) is 7.27. The average molecular weight is 365 g/mol. The normalized spacial score (nSPS) is 22.8. The van der Waals surface area contributed by atoms with Crippen LogP contribution in [0.25, 0.3) is 0 Å². The van der Waals surface area contributed by atoms with Crippen molar-refractivity contribution in [1.29, 1.82) is 0 Å². The van der Waals surface area contributed by atoms with Gasteiger partial charge in [-0.25, -0.2) is 4.39 Å². The van der Waals surface area contributed by atoms with Crippen molar-refractivity contribution in [3.63, 3.8) is 0 Å². The van der Waals surface area contributed by atoms with Gasteiger partial charge in [-0.3, -0.25) is 0 Å². The molecule has 1 N–H and O–H groups in total. The molecule has 0 bridgehead atoms. The minimum atomic E-state index is -0.238. The van der Waals surface area contributed by atoms with Gasteiger partial charge in [-0.15, -0.1) is 0 Å². The lowest BCUT2D eigenvalue weighted by Crippen LogP contribution is -2.49. The van der Waals surface area contributed by atoms with Crippen LogP contribution in [0.15, 0.2) is 24.3 Å². The lowest BCUT2D eigenvalue weighted by atomic mass is 9.99. The van der Waals surface area contributed by atoms with Crippen LogP contribution in [0.5, 0.6) is 0 Å². The summed E-state index contributed by atoms with van der Waals surface area (Å²) in [5.41, 5.74) is 0.730. The van der Waals surface area contributed by atoms with Gasteiger partial charge in [-0.1, -0.05) is 6.07 Å².